The number of hydrogen-bond acceptors (Lipinski definition) is 7. The third kappa shape index (κ3) is 4.76. The van der Waals surface area contributed by atoms with Gasteiger partial charge >= 0.3 is 17.9 Å². The first kappa shape index (κ1) is 22.6. The number of rotatable bonds is 7. The fourth-order valence-corrected chi connectivity index (χ4v) is 4.76. The van der Waals surface area contributed by atoms with Crippen LogP contribution in [-0.2, 0) is 22.6 Å². The third-order valence-corrected chi connectivity index (χ3v) is 6.25. The third-order valence-electron chi connectivity index (χ3n) is 6.25. The fraction of sp³-hybridized carbons (Fsp3) is 0.500. The molecule has 0 aliphatic carbocycles. The van der Waals surface area contributed by atoms with Crippen molar-refractivity contribution in [1.29, 1.82) is 0 Å². The van der Waals surface area contributed by atoms with Gasteiger partial charge in [0.05, 0.1) is 18.0 Å². The van der Waals surface area contributed by atoms with Gasteiger partial charge in [-0.25, -0.2) is 14.4 Å². The molecule has 176 valence electrons. The number of benzene rings is 1. The van der Waals surface area contributed by atoms with Gasteiger partial charge < -0.3 is 15.0 Å². The van der Waals surface area contributed by atoms with Crippen molar-refractivity contribution in [2.75, 3.05) is 13.6 Å². The van der Waals surface area contributed by atoms with Crippen molar-refractivity contribution in [3.05, 3.63) is 52.3 Å². The molecule has 11 heteroatoms. The Morgan fingerprint density at radius 3 is 2.73 bits per heavy atom. The Balaban J connectivity index is 1.42. The summed E-state index contributed by atoms with van der Waals surface area (Å²) < 4.78 is 10.0. The average Bonchev–Trinajstić information content (AvgIpc) is 3.50. The molecule has 0 bridgehead atoms. The van der Waals surface area contributed by atoms with Crippen LogP contribution in [0.15, 0.2) is 39.6 Å². The molecule has 11 nitrogen and oxygen atoms in total. The number of nitrogens with one attached hydrogen (secondary N) is 2. The first-order chi connectivity index (χ1) is 16.0. The zero-order valence-electron chi connectivity index (χ0n) is 18.4. The number of nitrogens with zero attached hydrogens (tertiary/aromatic N) is 3. The highest BCUT2D eigenvalue weighted by atomic mass is 16.6. The van der Waals surface area contributed by atoms with Gasteiger partial charge in [0.2, 0.25) is 5.91 Å². The van der Waals surface area contributed by atoms with Crippen LogP contribution in [0.25, 0.3) is 0 Å². The Labute approximate surface area is 190 Å². The van der Waals surface area contributed by atoms with E-state index in [0.717, 1.165) is 5.56 Å². The molecular weight excluding hydrogens is 430 g/mol. The van der Waals surface area contributed by atoms with Crippen molar-refractivity contribution < 1.29 is 23.6 Å². The summed E-state index contributed by atoms with van der Waals surface area (Å²) in [4.78, 5) is 54.9. The SMILES string of the molecule is CNC(=O)N1C(=O)[C@H](CCCCc2noc(=O)[nH]2)[C@@H]2[C@@H]1CCN2C(=O)OCc1ccccc1. The fourth-order valence-electron chi connectivity index (χ4n) is 4.76. The second-order valence-corrected chi connectivity index (χ2v) is 8.24. The molecule has 0 saturated carbocycles. The van der Waals surface area contributed by atoms with Gasteiger partial charge in [0.25, 0.3) is 0 Å². The zero-order chi connectivity index (χ0) is 23.4. The number of imide groups is 1. The van der Waals surface area contributed by atoms with Crippen LogP contribution in [-0.4, -0.2) is 63.6 Å². The van der Waals surface area contributed by atoms with Gasteiger partial charge in [0, 0.05) is 20.0 Å². The maximum atomic E-state index is 13.1. The van der Waals surface area contributed by atoms with Crippen LogP contribution < -0.4 is 11.1 Å². The topological polar surface area (TPSA) is 138 Å². The first-order valence-corrected chi connectivity index (χ1v) is 11.1. The number of H-pyrrole nitrogens is 1. The van der Waals surface area contributed by atoms with E-state index in [2.05, 4.69) is 20.0 Å². The van der Waals surface area contributed by atoms with Crippen molar-refractivity contribution in [2.24, 2.45) is 5.92 Å². The van der Waals surface area contributed by atoms with Crippen LogP contribution in [0.3, 0.4) is 0 Å². The predicted molar refractivity (Wildman–Crippen MR) is 115 cm³/mol. The molecule has 2 N–H and O–H groups in total. The van der Waals surface area contributed by atoms with Crippen molar-refractivity contribution in [3.8, 4) is 0 Å². The standard InChI is InChI=1S/C22H27N5O6/c1-23-20(29)27-16-11-12-26(22(31)32-13-14-7-3-2-4-8-14)18(16)15(19(27)28)9-5-6-10-17-24-21(30)33-25-17/h2-4,7-8,15-16,18H,5-6,9-13H2,1H3,(H,23,29)(H,24,25,30)/t15-,16+,18-/m1/s1. The second-order valence-electron chi connectivity index (χ2n) is 8.24. The molecule has 0 unspecified atom stereocenters. The van der Waals surface area contributed by atoms with Crippen molar-refractivity contribution in [3.63, 3.8) is 0 Å². The van der Waals surface area contributed by atoms with E-state index in [1.54, 1.807) is 4.90 Å². The monoisotopic (exact) mass is 457 g/mol. The molecule has 2 aromatic rings. The summed E-state index contributed by atoms with van der Waals surface area (Å²) in [5.74, 6) is -0.930. The van der Waals surface area contributed by atoms with E-state index in [1.807, 2.05) is 30.3 Å². The molecule has 0 radical (unpaired) electrons. The molecule has 3 atom stereocenters. The van der Waals surface area contributed by atoms with E-state index < -0.39 is 29.8 Å². The number of aryl methyl sites for hydroxylation is 1. The minimum absolute atomic E-state index is 0.140. The number of amides is 4. The molecule has 2 aliphatic heterocycles. The zero-order valence-corrected chi connectivity index (χ0v) is 18.4. The number of aromatic amines is 1. The van der Waals surface area contributed by atoms with Crippen LogP contribution in [0.5, 0.6) is 0 Å². The van der Waals surface area contributed by atoms with Gasteiger partial charge in [-0.3, -0.25) is 19.2 Å². The van der Waals surface area contributed by atoms with Crippen LogP contribution in [0.1, 0.15) is 37.1 Å². The maximum absolute atomic E-state index is 13.1. The smallest absolute Gasteiger partial charge is 0.438 e. The molecule has 2 saturated heterocycles. The lowest BCUT2D eigenvalue weighted by Crippen LogP contribution is -2.45. The van der Waals surface area contributed by atoms with E-state index in [9.17, 15) is 19.2 Å². The molecule has 4 rings (SSSR count). The van der Waals surface area contributed by atoms with Gasteiger partial charge in [-0.05, 0) is 24.8 Å². The lowest BCUT2D eigenvalue weighted by molar-refractivity contribution is -0.130. The Bertz CT molecular complexity index is 1050. The summed E-state index contributed by atoms with van der Waals surface area (Å²) in [6, 6.07) is 8.11. The van der Waals surface area contributed by atoms with Crippen LogP contribution in [0.2, 0.25) is 0 Å². The summed E-state index contributed by atoms with van der Waals surface area (Å²) in [5.41, 5.74) is 0.874. The van der Waals surface area contributed by atoms with Gasteiger partial charge in [0.1, 0.15) is 6.61 Å². The van der Waals surface area contributed by atoms with Crippen molar-refractivity contribution in [2.45, 2.75) is 50.8 Å². The second kappa shape index (κ2) is 9.88. The van der Waals surface area contributed by atoms with E-state index in [1.165, 1.54) is 11.9 Å². The number of fused-ring (bicyclic) bond motifs is 1. The van der Waals surface area contributed by atoms with Crippen LogP contribution >= 0.6 is 0 Å². The molecule has 3 heterocycles. The van der Waals surface area contributed by atoms with Gasteiger partial charge in [-0.15, -0.1) is 0 Å². The Hall–Kier alpha value is -3.63. The Morgan fingerprint density at radius 2 is 2.03 bits per heavy atom. The van der Waals surface area contributed by atoms with E-state index in [4.69, 9.17) is 4.74 Å². The molecular formula is C22H27N5O6. The Kier molecular flexibility index (Phi) is 6.76. The number of likely N-dealkylation sites (tertiary alicyclic amines) is 2. The van der Waals surface area contributed by atoms with Gasteiger partial charge in [0.15, 0.2) is 5.82 Å². The van der Waals surface area contributed by atoms with Crippen molar-refractivity contribution in [1.82, 2.24) is 25.3 Å². The minimum Gasteiger partial charge on any atom is -0.445 e. The molecule has 4 amide bonds. The summed E-state index contributed by atoms with van der Waals surface area (Å²) >= 11 is 0. The largest absolute Gasteiger partial charge is 0.445 e. The predicted octanol–water partition coefficient (Wildman–Crippen LogP) is 1.65. The minimum atomic E-state index is -0.601. The quantitative estimate of drug-likeness (QED) is 0.603. The first-order valence-electron chi connectivity index (χ1n) is 11.1. The molecule has 1 aromatic heterocycles. The highest BCUT2D eigenvalue weighted by Gasteiger charge is 2.56. The maximum Gasteiger partial charge on any atom is 0.438 e. The molecule has 1 aromatic carbocycles. The number of carbonyl (C=O) groups is 3. The molecule has 2 fully saturated rings. The molecule has 2 aliphatic rings. The van der Waals surface area contributed by atoms with E-state index in [-0.39, 0.29) is 18.6 Å². The summed E-state index contributed by atoms with van der Waals surface area (Å²) in [5, 5.41) is 6.17. The molecule has 0 spiro atoms. The van der Waals surface area contributed by atoms with Gasteiger partial charge in [-0.1, -0.05) is 41.9 Å². The highest BCUT2D eigenvalue weighted by molar-refractivity contribution is 5.99. The Morgan fingerprint density at radius 1 is 1.24 bits per heavy atom. The summed E-state index contributed by atoms with van der Waals surface area (Å²) in [6.07, 6.45) is 2.36. The van der Waals surface area contributed by atoms with E-state index >= 15 is 0 Å². The number of carbonyl (C=O) groups excluding carboxylic acids is 3. The lowest BCUT2D eigenvalue weighted by atomic mass is 9.93. The molecule has 33 heavy (non-hydrogen) atoms. The van der Waals surface area contributed by atoms with Crippen LogP contribution in [0, 0.1) is 5.92 Å². The summed E-state index contributed by atoms with van der Waals surface area (Å²) in [6.45, 7) is 0.557. The average molecular weight is 457 g/mol. The van der Waals surface area contributed by atoms with E-state index in [0.29, 0.717) is 44.5 Å². The number of hydrogen-bond donors (Lipinski definition) is 2. The number of ether oxygens (including phenoxy) is 1. The number of unbranched alkanes of at least 4 members (excludes halogenated alkanes) is 1. The van der Waals surface area contributed by atoms with Crippen LogP contribution in [0.4, 0.5) is 9.59 Å². The van der Waals surface area contributed by atoms with Crippen molar-refractivity contribution >= 4 is 18.0 Å². The summed E-state index contributed by atoms with van der Waals surface area (Å²) in [7, 11) is 1.48. The highest BCUT2D eigenvalue weighted by Crippen LogP contribution is 2.39. The van der Waals surface area contributed by atoms with Gasteiger partial charge in [-0.2, -0.15) is 0 Å². The lowest BCUT2D eigenvalue weighted by Gasteiger charge is -2.27. The number of urea groups is 1. The normalized spacial score (nSPS) is 21.8. The number of aromatic nitrogens is 2.